The topological polar surface area (TPSA) is 17.1 Å². The van der Waals surface area contributed by atoms with E-state index in [-0.39, 0.29) is 12.0 Å². The molecule has 3 rings (SSSR count). The highest BCUT2D eigenvalue weighted by molar-refractivity contribution is 6.05. The first-order valence-corrected chi connectivity index (χ1v) is 6.07. The smallest absolute Gasteiger partial charge is 0.200 e. The third-order valence-corrected chi connectivity index (χ3v) is 3.62. The van der Waals surface area contributed by atoms with Crippen molar-refractivity contribution in [3.05, 3.63) is 70.0 Å². The van der Waals surface area contributed by atoms with Crippen LogP contribution in [0.25, 0.3) is 0 Å². The standard InChI is InChI=1S/C15H7F5O/c16-10-9(11(17)13(19)14(20)12(10)18)8-5-6-3-1-2-4-7(6)15(8)21/h1-4,8H,5H2. The second-order valence-electron chi connectivity index (χ2n) is 4.76. The molecule has 0 heterocycles. The van der Waals surface area contributed by atoms with Gasteiger partial charge in [-0.3, -0.25) is 4.79 Å². The first-order valence-electron chi connectivity index (χ1n) is 6.07. The summed E-state index contributed by atoms with van der Waals surface area (Å²) in [5.74, 6) is -12.2. The van der Waals surface area contributed by atoms with Crippen molar-refractivity contribution in [1.82, 2.24) is 0 Å². The lowest BCUT2D eigenvalue weighted by molar-refractivity contribution is 0.0968. The summed E-state index contributed by atoms with van der Waals surface area (Å²) in [4.78, 5) is 12.1. The van der Waals surface area contributed by atoms with Crippen LogP contribution in [0, 0.1) is 29.1 Å². The van der Waals surface area contributed by atoms with E-state index in [9.17, 15) is 26.7 Å². The number of benzene rings is 2. The number of halogens is 5. The van der Waals surface area contributed by atoms with Gasteiger partial charge in [0.05, 0.1) is 5.92 Å². The molecule has 0 aromatic heterocycles. The highest BCUT2D eigenvalue weighted by Crippen LogP contribution is 2.38. The van der Waals surface area contributed by atoms with E-state index in [2.05, 4.69) is 0 Å². The molecule has 0 aliphatic heterocycles. The highest BCUT2D eigenvalue weighted by atomic mass is 19.2. The Morgan fingerprint density at radius 2 is 1.33 bits per heavy atom. The molecule has 2 aromatic rings. The zero-order valence-electron chi connectivity index (χ0n) is 10.4. The van der Waals surface area contributed by atoms with Crippen molar-refractivity contribution in [2.24, 2.45) is 0 Å². The zero-order valence-corrected chi connectivity index (χ0v) is 10.4. The molecule has 108 valence electrons. The molecule has 0 fully saturated rings. The Labute approximate surface area is 116 Å². The molecule has 1 atom stereocenters. The average molecular weight is 298 g/mol. The maximum atomic E-state index is 13.8. The number of ketones is 1. The summed E-state index contributed by atoms with van der Waals surface area (Å²) in [5.41, 5.74) is -0.296. The summed E-state index contributed by atoms with van der Waals surface area (Å²) in [5, 5.41) is 0. The first kappa shape index (κ1) is 13.7. The Morgan fingerprint density at radius 1 is 0.810 bits per heavy atom. The van der Waals surface area contributed by atoms with E-state index >= 15 is 0 Å². The summed E-state index contributed by atoms with van der Waals surface area (Å²) in [6.07, 6.45) is -0.0899. The van der Waals surface area contributed by atoms with Crippen LogP contribution in [0.1, 0.15) is 27.4 Å². The summed E-state index contributed by atoms with van der Waals surface area (Å²) in [6, 6.07) is 6.24. The molecule has 0 amide bonds. The Bertz CT molecular complexity index is 740. The number of fused-ring (bicyclic) bond motifs is 1. The van der Waals surface area contributed by atoms with Crippen molar-refractivity contribution in [1.29, 1.82) is 0 Å². The van der Waals surface area contributed by atoms with Gasteiger partial charge in [0.15, 0.2) is 29.1 Å². The second kappa shape index (κ2) is 4.65. The van der Waals surface area contributed by atoms with E-state index in [1.165, 1.54) is 6.07 Å². The molecule has 21 heavy (non-hydrogen) atoms. The van der Waals surface area contributed by atoms with Crippen molar-refractivity contribution < 1.29 is 26.7 Å². The summed E-state index contributed by atoms with van der Waals surface area (Å²) in [6.45, 7) is 0. The Hall–Kier alpha value is -2.24. The molecule has 0 bridgehead atoms. The number of Topliss-reactive ketones (excluding diaryl/α,β-unsaturated/α-hetero) is 1. The van der Waals surface area contributed by atoms with Crippen molar-refractivity contribution in [3.8, 4) is 0 Å². The lowest BCUT2D eigenvalue weighted by Gasteiger charge is -2.12. The van der Waals surface area contributed by atoms with Crippen LogP contribution in [0.5, 0.6) is 0 Å². The molecule has 0 saturated heterocycles. The Kier molecular flexibility index (Phi) is 3.04. The number of carbonyl (C=O) groups is 1. The van der Waals surface area contributed by atoms with E-state index in [1.54, 1.807) is 18.2 Å². The van der Waals surface area contributed by atoms with Gasteiger partial charge < -0.3 is 0 Å². The summed E-state index contributed by atoms with van der Waals surface area (Å²) >= 11 is 0. The lowest BCUT2D eigenvalue weighted by Crippen LogP contribution is -2.15. The van der Waals surface area contributed by atoms with Gasteiger partial charge in [-0.2, -0.15) is 0 Å². The van der Waals surface area contributed by atoms with E-state index < -0.39 is 46.4 Å². The predicted molar refractivity (Wildman–Crippen MR) is 63.4 cm³/mol. The second-order valence-corrected chi connectivity index (χ2v) is 4.76. The molecule has 1 nitrogen and oxygen atoms in total. The molecule has 1 unspecified atom stereocenters. The van der Waals surface area contributed by atoms with Crippen molar-refractivity contribution in [2.75, 3.05) is 0 Å². The third-order valence-electron chi connectivity index (χ3n) is 3.62. The maximum Gasteiger partial charge on any atom is 0.200 e. The number of hydrogen-bond acceptors (Lipinski definition) is 1. The van der Waals surface area contributed by atoms with Gasteiger partial charge in [-0.05, 0) is 12.0 Å². The predicted octanol–water partition coefficient (Wildman–Crippen LogP) is 3.90. The van der Waals surface area contributed by atoms with Gasteiger partial charge in [0.2, 0.25) is 5.82 Å². The molecular formula is C15H7F5O. The van der Waals surface area contributed by atoms with E-state index in [4.69, 9.17) is 0 Å². The minimum Gasteiger partial charge on any atom is -0.293 e. The minimum atomic E-state index is -2.23. The van der Waals surface area contributed by atoms with Gasteiger partial charge in [-0.1, -0.05) is 24.3 Å². The van der Waals surface area contributed by atoms with Crippen LogP contribution in [0.2, 0.25) is 0 Å². The minimum absolute atomic E-state index is 0.0899. The summed E-state index contributed by atoms with van der Waals surface area (Å²) < 4.78 is 67.1. The molecule has 0 radical (unpaired) electrons. The van der Waals surface area contributed by atoms with Crippen molar-refractivity contribution >= 4 is 5.78 Å². The molecule has 0 saturated carbocycles. The van der Waals surface area contributed by atoms with Gasteiger partial charge >= 0.3 is 0 Å². The van der Waals surface area contributed by atoms with Gasteiger partial charge in [-0.25, -0.2) is 22.0 Å². The lowest BCUT2D eigenvalue weighted by atomic mass is 9.93. The maximum absolute atomic E-state index is 13.8. The molecule has 2 aromatic carbocycles. The van der Waals surface area contributed by atoms with Crippen LogP contribution in [0.4, 0.5) is 22.0 Å². The van der Waals surface area contributed by atoms with Crippen LogP contribution in [-0.4, -0.2) is 5.78 Å². The molecule has 1 aliphatic rings. The molecule has 0 N–H and O–H groups in total. The van der Waals surface area contributed by atoms with Crippen LogP contribution in [0.15, 0.2) is 24.3 Å². The Balaban J connectivity index is 2.18. The molecule has 1 aliphatic carbocycles. The fourth-order valence-electron chi connectivity index (χ4n) is 2.60. The van der Waals surface area contributed by atoms with Crippen LogP contribution < -0.4 is 0 Å². The average Bonchev–Trinajstić information content (AvgIpc) is 2.81. The van der Waals surface area contributed by atoms with Gasteiger partial charge in [0.25, 0.3) is 0 Å². The van der Waals surface area contributed by atoms with Gasteiger partial charge in [0.1, 0.15) is 0 Å². The van der Waals surface area contributed by atoms with Crippen molar-refractivity contribution in [2.45, 2.75) is 12.3 Å². The monoisotopic (exact) mass is 298 g/mol. The van der Waals surface area contributed by atoms with E-state index in [1.807, 2.05) is 0 Å². The third kappa shape index (κ3) is 1.86. The zero-order chi connectivity index (χ0) is 15.3. The normalized spacial score (nSPS) is 17.2. The quantitative estimate of drug-likeness (QED) is 0.443. The number of carbonyl (C=O) groups excluding carboxylic acids is 1. The molecule has 0 spiro atoms. The van der Waals surface area contributed by atoms with Crippen LogP contribution >= 0.6 is 0 Å². The molecular weight excluding hydrogens is 291 g/mol. The Morgan fingerprint density at radius 3 is 1.90 bits per heavy atom. The highest BCUT2D eigenvalue weighted by Gasteiger charge is 2.38. The molecule has 6 heteroatoms. The number of hydrogen-bond donors (Lipinski definition) is 0. The SMILES string of the molecule is O=C1c2ccccc2CC1c1c(F)c(F)c(F)c(F)c1F. The fraction of sp³-hybridized carbons (Fsp3) is 0.133. The van der Waals surface area contributed by atoms with E-state index in [0.717, 1.165) is 0 Å². The van der Waals surface area contributed by atoms with E-state index in [0.29, 0.717) is 5.56 Å². The largest absolute Gasteiger partial charge is 0.293 e. The van der Waals surface area contributed by atoms with Gasteiger partial charge in [0, 0.05) is 11.1 Å². The van der Waals surface area contributed by atoms with Gasteiger partial charge in [-0.15, -0.1) is 0 Å². The van der Waals surface area contributed by atoms with Crippen LogP contribution in [-0.2, 0) is 6.42 Å². The van der Waals surface area contributed by atoms with Crippen molar-refractivity contribution in [3.63, 3.8) is 0 Å². The summed E-state index contributed by atoms with van der Waals surface area (Å²) in [7, 11) is 0. The van der Waals surface area contributed by atoms with Crippen LogP contribution in [0.3, 0.4) is 0 Å². The number of rotatable bonds is 1. The first-order chi connectivity index (χ1) is 9.93. The fourth-order valence-corrected chi connectivity index (χ4v) is 2.60.